The van der Waals surface area contributed by atoms with E-state index < -0.39 is 0 Å². The number of likely N-dealkylation sites (N-methyl/N-ethyl adjacent to an activating group) is 1. The molecule has 1 aromatic heterocycles. The molecule has 7 heteroatoms. The molecule has 0 amide bonds. The highest BCUT2D eigenvalue weighted by Gasteiger charge is 2.21. The molecular formula is C19H28FIN4O. The van der Waals surface area contributed by atoms with Crippen molar-refractivity contribution >= 4 is 40.8 Å². The molecule has 1 fully saturated rings. The average molecular weight is 474 g/mol. The Morgan fingerprint density at radius 3 is 2.96 bits per heavy atom. The molecule has 5 nitrogen and oxygen atoms in total. The topological polar surface area (TPSA) is 52.7 Å². The number of hydrogen-bond donors (Lipinski definition) is 2. The second-order valence-electron chi connectivity index (χ2n) is 6.67. The summed E-state index contributed by atoms with van der Waals surface area (Å²) in [6.07, 6.45) is 5.38. The normalized spacial score (nSPS) is 14.3. The fourth-order valence-electron chi connectivity index (χ4n) is 2.89. The number of halogens is 2. The molecule has 0 radical (unpaired) electrons. The van der Waals surface area contributed by atoms with Gasteiger partial charge in [-0.15, -0.1) is 24.0 Å². The second-order valence-corrected chi connectivity index (χ2v) is 6.67. The van der Waals surface area contributed by atoms with Crippen LogP contribution in [0.2, 0.25) is 0 Å². The molecule has 0 atom stereocenters. The van der Waals surface area contributed by atoms with Gasteiger partial charge in [0, 0.05) is 50.9 Å². The molecule has 0 spiro atoms. The van der Waals surface area contributed by atoms with Crippen LogP contribution in [0.5, 0.6) is 0 Å². The molecule has 1 saturated carbocycles. The van der Waals surface area contributed by atoms with Gasteiger partial charge in [-0.1, -0.05) is 0 Å². The minimum Gasteiger partial charge on any atom is -0.379 e. The minimum atomic E-state index is -0.206. The van der Waals surface area contributed by atoms with Crippen molar-refractivity contribution in [3.05, 3.63) is 35.8 Å². The van der Waals surface area contributed by atoms with E-state index in [9.17, 15) is 4.39 Å². The zero-order valence-electron chi connectivity index (χ0n) is 15.4. The van der Waals surface area contributed by atoms with Gasteiger partial charge < -0.3 is 19.9 Å². The SMILES string of the molecule is CN=C(NCCc1c[nH]c2ccc(F)cc12)N(C)CCOCC1CC1.I. The number of fused-ring (bicyclic) bond motifs is 1. The number of nitrogens with zero attached hydrogens (tertiary/aromatic N) is 2. The molecule has 144 valence electrons. The average Bonchev–Trinajstić information content (AvgIpc) is 3.36. The van der Waals surface area contributed by atoms with Crippen LogP contribution in [0.15, 0.2) is 29.4 Å². The van der Waals surface area contributed by atoms with Gasteiger partial charge in [-0.3, -0.25) is 4.99 Å². The van der Waals surface area contributed by atoms with Crippen molar-refractivity contribution in [2.24, 2.45) is 10.9 Å². The van der Waals surface area contributed by atoms with Gasteiger partial charge in [0.15, 0.2) is 5.96 Å². The smallest absolute Gasteiger partial charge is 0.193 e. The minimum absolute atomic E-state index is 0. The Kier molecular flexibility index (Phi) is 8.15. The van der Waals surface area contributed by atoms with Gasteiger partial charge in [0.1, 0.15) is 5.82 Å². The third kappa shape index (κ3) is 5.84. The summed E-state index contributed by atoms with van der Waals surface area (Å²) in [6, 6.07) is 4.83. The summed E-state index contributed by atoms with van der Waals surface area (Å²) in [4.78, 5) is 9.58. The Hall–Kier alpha value is -1.35. The third-order valence-electron chi connectivity index (χ3n) is 4.60. The van der Waals surface area contributed by atoms with E-state index in [1.54, 1.807) is 19.2 Å². The quantitative estimate of drug-likeness (QED) is 0.267. The van der Waals surface area contributed by atoms with Crippen LogP contribution in [-0.4, -0.2) is 56.2 Å². The number of guanidine groups is 1. The molecule has 3 rings (SSSR count). The van der Waals surface area contributed by atoms with E-state index in [1.165, 1.54) is 18.9 Å². The van der Waals surface area contributed by atoms with Crippen LogP contribution in [0.25, 0.3) is 10.9 Å². The van der Waals surface area contributed by atoms with Gasteiger partial charge >= 0.3 is 0 Å². The first-order chi connectivity index (χ1) is 12.2. The van der Waals surface area contributed by atoms with Crippen molar-refractivity contribution in [3.8, 4) is 0 Å². The number of benzene rings is 1. The molecule has 0 unspecified atom stereocenters. The Morgan fingerprint density at radius 1 is 1.42 bits per heavy atom. The van der Waals surface area contributed by atoms with Crippen molar-refractivity contribution in [2.45, 2.75) is 19.3 Å². The molecule has 1 aromatic carbocycles. The number of aliphatic imine (C=N–C) groups is 1. The van der Waals surface area contributed by atoms with Gasteiger partial charge in [0.05, 0.1) is 6.61 Å². The monoisotopic (exact) mass is 474 g/mol. The van der Waals surface area contributed by atoms with Crippen molar-refractivity contribution in [1.82, 2.24) is 15.2 Å². The van der Waals surface area contributed by atoms with Crippen molar-refractivity contribution < 1.29 is 9.13 Å². The highest BCUT2D eigenvalue weighted by atomic mass is 127. The van der Waals surface area contributed by atoms with E-state index >= 15 is 0 Å². The highest BCUT2D eigenvalue weighted by molar-refractivity contribution is 14.0. The van der Waals surface area contributed by atoms with Crippen LogP contribution in [0, 0.1) is 11.7 Å². The summed E-state index contributed by atoms with van der Waals surface area (Å²) >= 11 is 0. The molecule has 0 saturated heterocycles. The van der Waals surface area contributed by atoms with Crippen LogP contribution in [0.1, 0.15) is 18.4 Å². The van der Waals surface area contributed by atoms with Crippen LogP contribution in [-0.2, 0) is 11.2 Å². The first-order valence-corrected chi connectivity index (χ1v) is 8.92. The Labute approximate surface area is 171 Å². The van der Waals surface area contributed by atoms with Gasteiger partial charge in [-0.25, -0.2) is 4.39 Å². The Morgan fingerprint density at radius 2 is 2.23 bits per heavy atom. The van der Waals surface area contributed by atoms with E-state index in [-0.39, 0.29) is 29.8 Å². The van der Waals surface area contributed by atoms with Crippen LogP contribution >= 0.6 is 24.0 Å². The van der Waals surface area contributed by atoms with Crippen molar-refractivity contribution in [3.63, 3.8) is 0 Å². The standard InChI is InChI=1S/C19H27FN4O.HI/c1-21-19(24(2)9-10-25-13-14-3-4-14)22-8-7-15-12-23-18-6-5-16(20)11-17(15)18;/h5-6,11-12,14,23H,3-4,7-10,13H2,1-2H3,(H,21,22);1H. The number of aromatic nitrogens is 1. The van der Waals surface area contributed by atoms with Gasteiger partial charge in [0.2, 0.25) is 0 Å². The van der Waals surface area contributed by atoms with Crippen LogP contribution in [0.4, 0.5) is 4.39 Å². The second kappa shape index (κ2) is 10.1. The van der Waals surface area contributed by atoms with E-state index in [2.05, 4.69) is 20.2 Å². The third-order valence-corrected chi connectivity index (χ3v) is 4.60. The first-order valence-electron chi connectivity index (χ1n) is 8.92. The maximum absolute atomic E-state index is 13.4. The fourth-order valence-corrected chi connectivity index (χ4v) is 2.89. The number of aromatic amines is 1. The summed E-state index contributed by atoms with van der Waals surface area (Å²) in [5, 5.41) is 4.30. The van der Waals surface area contributed by atoms with Crippen molar-refractivity contribution in [2.75, 3.05) is 40.4 Å². The maximum Gasteiger partial charge on any atom is 0.193 e. The largest absolute Gasteiger partial charge is 0.379 e. The predicted molar refractivity (Wildman–Crippen MR) is 115 cm³/mol. The van der Waals surface area contributed by atoms with E-state index in [4.69, 9.17) is 4.74 Å². The Bertz CT molecular complexity index is 729. The fraction of sp³-hybridized carbons (Fsp3) is 0.526. The number of ether oxygens (including phenoxy) is 1. The summed E-state index contributed by atoms with van der Waals surface area (Å²) in [5.74, 6) is 1.44. The summed E-state index contributed by atoms with van der Waals surface area (Å²) in [5.41, 5.74) is 2.07. The number of hydrogen-bond acceptors (Lipinski definition) is 2. The molecule has 0 bridgehead atoms. The molecule has 26 heavy (non-hydrogen) atoms. The number of H-pyrrole nitrogens is 1. The lowest BCUT2D eigenvalue weighted by Crippen LogP contribution is -2.41. The summed E-state index contributed by atoms with van der Waals surface area (Å²) in [6.45, 7) is 3.15. The lowest BCUT2D eigenvalue weighted by Gasteiger charge is -2.22. The Balaban J connectivity index is 0.00000243. The lowest BCUT2D eigenvalue weighted by molar-refractivity contribution is 0.115. The van der Waals surface area contributed by atoms with Crippen molar-refractivity contribution in [1.29, 1.82) is 0 Å². The molecule has 2 aromatic rings. The lowest BCUT2D eigenvalue weighted by atomic mass is 10.1. The molecule has 1 aliphatic carbocycles. The highest BCUT2D eigenvalue weighted by Crippen LogP contribution is 2.28. The van der Waals surface area contributed by atoms with Gasteiger partial charge in [-0.2, -0.15) is 0 Å². The zero-order valence-corrected chi connectivity index (χ0v) is 17.8. The van der Waals surface area contributed by atoms with E-state index in [0.717, 1.165) is 61.1 Å². The maximum atomic E-state index is 13.4. The molecule has 2 N–H and O–H groups in total. The van der Waals surface area contributed by atoms with E-state index in [1.807, 2.05) is 13.2 Å². The number of nitrogens with one attached hydrogen (secondary N) is 2. The molecule has 0 aliphatic heterocycles. The van der Waals surface area contributed by atoms with Crippen LogP contribution < -0.4 is 5.32 Å². The first kappa shape index (κ1) is 21.0. The van der Waals surface area contributed by atoms with Crippen LogP contribution in [0.3, 0.4) is 0 Å². The summed E-state index contributed by atoms with van der Waals surface area (Å²) in [7, 11) is 3.79. The van der Waals surface area contributed by atoms with Gasteiger partial charge in [0.25, 0.3) is 0 Å². The zero-order chi connectivity index (χ0) is 17.6. The van der Waals surface area contributed by atoms with Gasteiger partial charge in [-0.05, 0) is 48.9 Å². The number of rotatable bonds is 8. The van der Waals surface area contributed by atoms with E-state index in [0.29, 0.717) is 0 Å². The molecular weight excluding hydrogens is 446 g/mol. The molecule has 1 aliphatic rings. The summed E-state index contributed by atoms with van der Waals surface area (Å²) < 4.78 is 19.1. The predicted octanol–water partition coefficient (Wildman–Crippen LogP) is 3.40. The molecule has 1 heterocycles.